The van der Waals surface area contributed by atoms with Crippen molar-refractivity contribution in [1.82, 2.24) is 10.6 Å². The maximum absolute atomic E-state index is 12.7. The third kappa shape index (κ3) is 12.0. The van der Waals surface area contributed by atoms with Crippen molar-refractivity contribution in [3.05, 3.63) is 0 Å². The van der Waals surface area contributed by atoms with E-state index in [1.54, 1.807) is 0 Å². The second kappa shape index (κ2) is 23.8. The number of hydrogen-bond donors (Lipinski definition) is 19. The van der Waals surface area contributed by atoms with Crippen LogP contribution in [0.25, 0.3) is 0 Å². The largest absolute Gasteiger partial charge is 0.477 e. The van der Waals surface area contributed by atoms with Crippen molar-refractivity contribution in [2.45, 2.75) is 179 Å². The molecule has 0 unspecified atom stereocenters. The summed E-state index contributed by atoms with van der Waals surface area (Å²) in [6.45, 7) is -3.13. The standard InChI is InChI=1S/C37H62N2O29/c1-9(44)38-17-11(46)3-37(36(58)59,68-31(17)19(48)12(47)4-40)60-8-16-20(49)22(51)26(55)34(64-16)67-30-18(39-10(2)45)33(62-13(5-41)21(30)50)65-29-15(7-43)63-35(27(56)24(29)53)66-28-14(6-42)61-32(57)25(54)23(28)52/h11-35,40-43,46-57H,3-8H2,1-2H3,(H,38,44)(H,39,45)(H,58,59)/t11-,12+,13+,14+,15+,16+,17+,18+,19+,20-,21+,22-,23+,24+,25+,26+,27+,28+,29-,30+,31+,32+,33-,34-,35-,37+/m0/s1. The van der Waals surface area contributed by atoms with Crippen LogP contribution in [-0.2, 0) is 57.0 Å². The maximum Gasteiger partial charge on any atom is 0.364 e. The quantitative estimate of drug-likeness (QED) is 0.0606. The minimum atomic E-state index is -2.97. The van der Waals surface area contributed by atoms with Gasteiger partial charge in [0.15, 0.2) is 25.2 Å². The van der Waals surface area contributed by atoms with Gasteiger partial charge in [-0.1, -0.05) is 0 Å². The number of amides is 2. The summed E-state index contributed by atoms with van der Waals surface area (Å²) in [4.78, 5) is 37.2. The van der Waals surface area contributed by atoms with E-state index in [-0.39, 0.29) is 0 Å². The molecule has 0 aromatic rings. The molecule has 0 aromatic heterocycles. The van der Waals surface area contributed by atoms with Gasteiger partial charge in [0.2, 0.25) is 11.8 Å². The van der Waals surface area contributed by atoms with E-state index in [1.807, 2.05) is 0 Å². The fraction of sp³-hybridized carbons (Fsp3) is 0.919. The van der Waals surface area contributed by atoms with Crippen molar-refractivity contribution >= 4 is 17.8 Å². The molecule has 19 N–H and O–H groups in total. The topological polar surface area (TPSA) is 502 Å². The SMILES string of the molecule is CC(=O)N[C@H]1[C@H](O[C@@H]2[C@H](O)[C@@H](O)[C@H](O[C@H]3[C@H](O)[C@@H](O)[C@H](O)O[C@@H]3CO)O[C@@H]2CO)O[C@H](CO)[C@@H](O)[C@@H]1O[C@@H]1O[C@H](CO[C@]2(C(=O)O)C[C@H](O)[C@@H](NC(C)=O)[C@H]([C@H](O)[C@H](O)CO)O2)[C@H](O)[C@H](O)[C@H]1O. The molecule has 31 heteroatoms. The number of carbonyl (C=O) groups is 3. The summed E-state index contributed by atoms with van der Waals surface area (Å²) in [6.07, 6.45) is -46.1. The van der Waals surface area contributed by atoms with Gasteiger partial charge in [-0.25, -0.2) is 4.79 Å². The van der Waals surface area contributed by atoms with Gasteiger partial charge in [0.25, 0.3) is 5.79 Å². The lowest BCUT2D eigenvalue weighted by Gasteiger charge is -2.50. The number of ether oxygens (including phenoxy) is 9. The lowest BCUT2D eigenvalue weighted by molar-refractivity contribution is -0.380. The summed E-state index contributed by atoms with van der Waals surface area (Å²) in [7, 11) is 0. The second-order valence-corrected chi connectivity index (χ2v) is 16.9. The van der Waals surface area contributed by atoms with Gasteiger partial charge in [-0.3, -0.25) is 9.59 Å². The Morgan fingerprint density at radius 2 is 1.07 bits per heavy atom. The van der Waals surface area contributed by atoms with Gasteiger partial charge in [-0.2, -0.15) is 0 Å². The van der Waals surface area contributed by atoms with Crippen LogP contribution in [0.5, 0.6) is 0 Å². The van der Waals surface area contributed by atoms with Crippen LogP contribution in [0.2, 0.25) is 0 Å². The van der Waals surface area contributed by atoms with Crippen molar-refractivity contribution in [3.63, 3.8) is 0 Å². The zero-order valence-electron chi connectivity index (χ0n) is 36.2. The first-order valence-corrected chi connectivity index (χ1v) is 21.2. The summed E-state index contributed by atoms with van der Waals surface area (Å²) in [6, 6.07) is -3.36. The predicted molar refractivity (Wildman–Crippen MR) is 207 cm³/mol. The average Bonchev–Trinajstić information content (AvgIpc) is 3.29. The molecule has 0 radical (unpaired) electrons. The first-order chi connectivity index (χ1) is 31.9. The third-order valence-corrected chi connectivity index (χ3v) is 12.1. The van der Waals surface area contributed by atoms with Crippen LogP contribution in [0.15, 0.2) is 0 Å². The van der Waals surface area contributed by atoms with E-state index < -0.39 is 216 Å². The molecule has 0 aliphatic carbocycles. The highest BCUT2D eigenvalue weighted by Gasteiger charge is 2.59. The van der Waals surface area contributed by atoms with Crippen molar-refractivity contribution < 1.29 is 144 Å². The Bertz CT molecular complexity index is 1650. The smallest absolute Gasteiger partial charge is 0.364 e. The first-order valence-electron chi connectivity index (χ1n) is 21.2. The van der Waals surface area contributed by atoms with Crippen molar-refractivity contribution in [1.29, 1.82) is 0 Å². The van der Waals surface area contributed by atoms with Crippen LogP contribution < -0.4 is 10.6 Å². The molecule has 394 valence electrons. The molecule has 5 aliphatic heterocycles. The number of carboxylic acid groups (broad SMARTS) is 1. The van der Waals surface area contributed by atoms with Gasteiger partial charge in [0.05, 0.1) is 45.2 Å². The normalized spacial score (nSPS) is 46.6. The summed E-state index contributed by atoms with van der Waals surface area (Å²) >= 11 is 0. The summed E-state index contributed by atoms with van der Waals surface area (Å²) in [5, 5.41) is 184. The molecule has 5 heterocycles. The summed E-state index contributed by atoms with van der Waals surface area (Å²) < 4.78 is 50.5. The number of rotatable bonds is 18. The second-order valence-electron chi connectivity index (χ2n) is 16.9. The van der Waals surface area contributed by atoms with Gasteiger partial charge < -0.3 is 140 Å². The molecule has 26 atom stereocenters. The molecule has 0 aromatic carbocycles. The highest BCUT2D eigenvalue weighted by atomic mass is 16.8. The number of aliphatic carboxylic acids is 1. The number of hydrogen-bond acceptors (Lipinski definition) is 28. The Kier molecular flexibility index (Phi) is 19.7. The molecule has 5 saturated heterocycles. The van der Waals surface area contributed by atoms with E-state index in [0.717, 1.165) is 13.8 Å². The Balaban J connectivity index is 1.37. The number of aliphatic hydroxyl groups excluding tert-OH is 16. The van der Waals surface area contributed by atoms with Gasteiger partial charge in [0, 0.05) is 20.3 Å². The van der Waals surface area contributed by atoms with Crippen LogP contribution in [0, 0.1) is 0 Å². The maximum atomic E-state index is 12.7. The number of nitrogens with one attached hydrogen (secondary N) is 2. The molecule has 5 rings (SSSR count). The fourth-order valence-corrected chi connectivity index (χ4v) is 8.43. The Hall–Kier alpha value is -2.59. The van der Waals surface area contributed by atoms with E-state index >= 15 is 0 Å². The van der Waals surface area contributed by atoms with Crippen molar-refractivity contribution in [2.75, 3.05) is 33.0 Å². The monoisotopic (exact) mass is 998 g/mol. The van der Waals surface area contributed by atoms with Gasteiger partial charge in [-0.05, 0) is 0 Å². The summed E-state index contributed by atoms with van der Waals surface area (Å²) in [5.74, 6) is -6.59. The predicted octanol–water partition coefficient (Wildman–Crippen LogP) is -12.4. The molecule has 68 heavy (non-hydrogen) atoms. The highest BCUT2D eigenvalue weighted by molar-refractivity contribution is 5.76. The fourth-order valence-electron chi connectivity index (χ4n) is 8.43. The van der Waals surface area contributed by atoms with Crippen LogP contribution >= 0.6 is 0 Å². The van der Waals surface area contributed by atoms with E-state index in [1.165, 1.54) is 0 Å². The van der Waals surface area contributed by atoms with Crippen LogP contribution in [-0.4, -0.2) is 297 Å². The molecular weight excluding hydrogens is 936 g/mol. The van der Waals surface area contributed by atoms with Crippen LogP contribution in [0.1, 0.15) is 20.3 Å². The average molecular weight is 999 g/mol. The Morgan fingerprint density at radius 1 is 0.588 bits per heavy atom. The minimum Gasteiger partial charge on any atom is -0.477 e. The van der Waals surface area contributed by atoms with E-state index in [4.69, 9.17) is 42.6 Å². The van der Waals surface area contributed by atoms with Crippen molar-refractivity contribution in [3.8, 4) is 0 Å². The van der Waals surface area contributed by atoms with Crippen LogP contribution in [0.3, 0.4) is 0 Å². The third-order valence-electron chi connectivity index (χ3n) is 12.1. The van der Waals surface area contributed by atoms with E-state index in [2.05, 4.69) is 10.6 Å². The molecule has 31 nitrogen and oxygen atoms in total. The minimum absolute atomic E-state index is 0.780. The van der Waals surface area contributed by atoms with Gasteiger partial charge in [-0.15, -0.1) is 0 Å². The molecule has 5 fully saturated rings. The van der Waals surface area contributed by atoms with Gasteiger partial charge >= 0.3 is 5.97 Å². The van der Waals surface area contributed by atoms with Gasteiger partial charge in [0.1, 0.15) is 116 Å². The number of carboxylic acids is 1. The molecule has 0 bridgehead atoms. The molecule has 2 amide bonds. The molecular formula is C37H62N2O29. The van der Waals surface area contributed by atoms with E-state index in [9.17, 15) is 101 Å². The highest BCUT2D eigenvalue weighted by Crippen LogP contribution is 2.37. The number of carbonyl (C=O) groups excluding carboxylic acids is 2. The Labute approximate surface area is 384 Å². The summed E-state index contributed by atoms with van der Waals surface area (Å²) in [5.41, 5.74) is 0. The van der Waals surface area contributed by atoms with E-state index in [0.29, 0.717) is 0 Å². The lowest BCUT2D eigenvalue weighted by Crippen LogP contribution is -2.70. The first kappa shape index (κ1) is 56.3. The number of aliphatic hydroxyl groups is 16. The molecule has 5 aliphatic rings. The van der Waals surface area contributed by atoms with Crippen LogP contribution in [0.4, 0.5) is 0 Å². The molecule has 0 saturated carbocycles. The zero-order chi connectivity index (χ0) is 50.7. The molecule has 0 spiro atoms. The lowest BCUT2D eigenvalue weighted by atomic mass is 9.88. The Morgan fingerprint density at radius 3 is 1.62 bits per heavy atom. The van der Waals surface area contributed by atoms with Crippen molar-refractivity contribution in [2.24, 2.45) is 0 Å². The zero-order valence-corrected chi connectivity index (χ0v) is 36.2.